The lowest BCUT2D eigenvalue weighted by Gasteiger charge is -2.16. The predicted octanol–water partition coefficient (Wildman–Crippen LogP) is 2.94. The third-order valence-electron chi connectivity index (χ3n) is 5.07. The summed E-state index contributed by atoms with van der Waals surface area (Å²) in [6, 6.07) is 5.89. The number of hydrogen-bond donors (Lipinski definition) is 2. The fourth-order valence-electron chi connectivity index (χ4n) is 3.56. The van der Waals surface area contributed by atoms with Crippen molar-refractivity contribution >= 4 is 22.9 Å². The summed E-state index contributed by atoms with van der Waals surface area (Å²) in [5.74, 6) is -1.81. The summed E-state index contributed by atoms with van der Waals surface area (Å²) in [6.07, 6.45) is 8.49. The maximum absolute atomic E-state index is 14.7. The van der Waals surface area contributed by atoms with E-state index >= 15 is 0 Å². The Morgan fingerprint density at radius 1 is 1.28 bits per heavy atom. The van der Waals surface area contributed by atoms with Gasteiger partial charge in [0.25, 0.3) is 0 Å². The number of carbonyl (C=O) groups is 1. The molecule has 1 saturated carbocycles. The largest absolute Gasteiger partial charge is 0.474 e. The molecule has 0 radical (unpaired) electrons. The Bertz CT molecular complexity index is 1040. The number of benzene rings is 1. The second-order valence-corrected chi connectivity index (χ2v) is 8.36. The lowest BCUT2D eigenvalue weighted by molar-refractivity contribution is -0.120. The molecule has 1 aromatic carbocycles. The van der Waals surface area contributed by atoms with E-state index in [1.54, 1.807) is 30.1 Å². The molecule has 1 aliphatic carbocycles. The van der Waals surface area contributed by atoms with Crippen molar-refractivity contribution in [2.24, 2.45) is 0 Å². The fourth-order valence-corrected chi connectivity index (χ4v) is 3.84. The van der Waals surface area contributed by atoms with Crippen LogP contribution in [0.5, 0.6) is 5.88 Å². The van der Waals surface area contributed by atoms with E-state index in [-0.39, 0.29) is 24.8 Å². The summed E-state index contributed by atoms with van der Waals surface area (Å²) < 4.78 is 58.1. The molecule has 10 heteroatoms. The Labute approximate surface area is 187 Å². The van der Waals surface area contributed by atoms with Crippen molar-refractivity contribution in [1.82, 2.24) is 14.6 Å². The van der Waals surface area contributed by atoms with Gasteiger partial charge in [0.15, 0.2) is 0 Å². The van der Waals surface area contributed by atoms with Crippen molar-refractivity contribution in [3.63, 3.8) is 0 Å². The third kappa shape index (κ3) is 6.57. The van der Waals surface area contributed by atoms with Crippen LogP contribution >= 0.6 is 0 Å². The molecule has 1 fully saturated rings. The Kier molecular flexibility index (Phi) is 8.29. The molecule has 1 aromatic heterocycles. The molecule has 1 heterocycles. The van der Waals surface area contributed by atoms with E-state index in [4.69, 9.17) is 4.74 Å². The maximum atomic E-state index is 14.7. The molecule has 0 atom stereocenters. The van der Waals surface area contributed by atoms with Gasteiger partial charge in [-0.2, -0.15) is 0 Å². The fraction of sp³-hybridized carbons (Fsp3) is 0.364. The summed E-state index contributed by atoms with van der Waals surface area (Å²) in [5, 5.41) is 0. The van der Waals surface area contributed by atoms with Gasteiger partial charge in [-0.3, -0.25) is 14.4 Å². The highest BCUT2D eigenvalue weighted by atomic mass is 32.2. The molecule has 0 spiro atoms. The number of ether oxygens (including phenoxy) is 1. The van der Waals surface area contributed by atoms with Gasteiger partial charge in [-0.25, -0.2) is 22.2 Å². The molecule has 7 nitrogen and oxygen atoms in total. The highest BCUT2D eigenvalue weighted by molar-refractivity contribution is 7.71. The van der Waals surface area contributed by atoms with Crippen molar-refractivity contribution in [3.8, 4) is 17.0 Å². The second kappa shape index (κ2) is 11.1. The quantitative estimate of drug-likeness (QED) is 0.554. The first-order valence-electron chi connectivity index (χ1n) is 10.2. The van der Waals surface area contributed by atoms with Gasteiger partial charge < -0.3 is 4.74 Å². The molecule has 1 N–H and O–H groups in total. The van der Waals surface area contributed by atoms with Crippen LogP contribution in [0.25, 0.3) is 17.2 Å². The van der Waals surface area contributed by atoms with Crippen LogP contribution in [0.2, 0.25) is 0 Å². The summed E-state index contributed by atoms with van der Waals surface area (Å²) in [7, 11) is -1.44. The minimum atomic E-state index is -3.01. The average molecular weight is 466 g/mol. The Hall–Kier alpha value is -2.85. The van der Waals surface area contributed by atoms with Crippen molar-refractivity contribution in [2.75, 3.05) is 20.1 Å². The van der Waals surface area contributed by atoms with Gasteiger partial charge in [-0.1, -0.05) is 12.2 Å². The van der Waals surface area contributed by atoms with Crippen molar-refractivity contribution in [3.05, 3.63) is 53.7 Å². The van der Waals surface area contributed by atoms with E-state index in [1.165, 1.54) is 29.2 Å². The molecule has 3 rings (SSSR count). The standard InChI is InChI=1S/C22H25F2N3O4S/c1-27(14-21(28)26-32(29)30)11-5-9-18-19(23)12-15(13-20(18)24)17-8-4-10-25-22(17)31-16-6-2-3-7-16/h4-5,8-10,12-13,16,32H,2-3,6-7,11,14H2,1H3,(H,26,28,29,30)/b9-5+. The monoisotopic (exact) mass is 465 g/mol. The van der Waals surface area contributed by atoms with E-state index in [0.29, 0.717) is 17.0 Å². The molecule has 0 saturated heterocycles. The highest BCUT2D eigenvalue weighted by Gasteiger charge is 2.20. The lowest BCUT2D eigenvalue weighted by Crippen LogP contribution is -2.34. The molecule has 0 unspecified atom stereocenters. The molecule has 1 aliphatic rings. The molecule has 2 aromatic rings. The number of carbonyl (C=O) groups excluding carboxylic acids is 1. The van der Waals surface area contributed by atoms with E-state index < -0.39 is 28.4 Å². The zero-order chi connectivity index (χ0) is 23.1. The molecular formula is C22H25F2N3O4S. The summed E-state index contributed by atoms with van der Waals surface area (Å²) in [6.45, 7) is 0.00794. The first-order valence-corrected chi connectivity index (χ1v) is 11.4. The van der Waals surface area contributed by atoms with Gasteiger partial charge in [0, 0.05) is 23.9 Å². The number of thiol groups is 1. The first kappa shape index (κ1) is 23.8. The summed E-state index contributed by atoms with van der Waals surface area (Å²) in [5.41, 5.74) is 0.644. The van der Waals surface area contributed by atoms with Crippen LogP contribution in [0.1, 0.15) is 31.2 Å². The number of rotatable bonds is 9. The van der Waals surface area contributed by atoms with E-state index in [1.807, 2.05) is 0 Å². The minimum absolute atomic E-state index is 0.0638. The smallest absolute Gasteiger partial charge is 0.247 e. The van der Waals surface area contributed by atoms with Gasteiger partial charge in [-0.15, -0.1) is 0 Å². The van der Waals surface area contributed by atoms with E-state index in [9.17, 15) is 22.0 Å². The number of hydrogen-bond acceptors (Lipinski definition) is 6. The summed E-state index contributed by atoms with van der Waals surface area (Å²) in [4.78, 5) is 17.2. The number of pyridine rings is 1. The molecule has 32 heavy (non-hydrogen) atoms. The van der Waals surface area contributed by atoms with Crippen LogP contribution < -0.4 is 9.46 Å². The topological polar surface area (TPSA) is 88.6 Å². The average Bonchev–Trinajstić information content (AvgIpc) is 3.22. The van der Waals surface area contributed by atoms with Crippen LogP contribution in [0, 0.1) is 11.6 Å². The molecular weight excluding hydrogens is 440 g/mol. The van der Waals surface area contributed by atoms with Crippen LogP contribution in [-0.2, 0) is 15.7 Å². The summed E-state index contributed by atoms with van der Waals surface area (Å²) >= 11 is 0. The number of amides is 1. The van der Waals surface area contributed by atoms with Gasteiger partial charge in [-0.05, 0) is 62.6 Å². The van der Waals surface area contributed by atoms with Crippen LogP contribution in [0.3, 0.4) is 0 Å². The van der Waals surface area contributed by atoms with Crippen LogP contribution in [0.15, 0.2) is 36.5 Å². The Morgan fingerprint density at radius 3 is 2.62 bits per heavy atom. The SMILES string of the molecule is CN(C/C=C/c1c(F)cc(-c2cccnc2OC2CCCC2)cc1F)CC(=O)N[SH](=O)=O. The molecule has 172 valence electrons. The first-order chi connectivity index (χ1) is 15.3. The number of halogens is 2. The zero-order valence-electron chi connectivity index (χ0n) is 17.6. The van der Waals surface area contributed by atoms with Gasteiger partial charge >= 0.3 is 0 Å². The van der Waals surface area contributed by atoms with Gasteiger partial charge in [0.2, 0.25) is 22.7 Å². The third-order valence-corrected chi connectivity index (χ3v) is 5.50. The zero-order valence-corrected chi connectivity index (χ0v) is 18.5. The van der Waals surface area contributed by atoms with Crippen LogP contribution in [0.4, 0.5) is 8.78 Å². The maximum Gasteiger partial charge on any atom is 0.247 e. The highest BCUT2D eigenvalue weighted by Crippen LogP contribution is 2.33. The molecule has 0 bridgehead atoms. The number of aromatic nitrogens is 1. The van der Waals surface area contributed by atoms with Crippen molar-refractivity contribution in [2.45, 2.75) is 31.8 Å². The lowest BCUT2D eigenvalue weighted by atomic mass is 10.0. The predicted molar refractivity (Wildman–Crippen MR) is 117 cm³/mol. The van der Waals surface area contributed by atoms with Crippen molar-refractivity contribution in [1.29, 1.82) is 0 Å². The van der Waals surface area contributed by atoms with E-state index in [0.717, 1.165) is 25.7 Å². The van der Waals surface area contributed by atoms with Crippen LogP contribution in [-0.4, -0.2) is 50.5 Å². The van der Waals surface area contributed by atoms with Crippen molar-refractivity contribution < 1.29 is 26.7 Å². The number of likely N-dealkylation sites (N-methyl/N-ethyl adjacent to an activating group) is 1. The number of nitrogens with one attached hydrogen (secondary N) is 1. The molecule has 1 amide bonds. The normalized spacial score (nSPS) is 14.5. The van der Waals surface area contributed by atoms with E-state index in [2.05, 4.69) is 4.98 Å². The second-order valence-electron chi connectivity index (χ2n) is 7.63. The van der Waals surface area contributed by atoms with Gasteiger partial charge in [0.1, 0.15) is 17.7 Å². The molecule has 0 aliphatic heterocycles. The Balaban J connectivity index is 1.72. The Morgan fingerprint density at radius 2 is 1.97 bits per heavy atom. The number of nitrogens with zero attached hydrogens (tertiary/aromatic N) is 2. The van der Waals surface area contributed by atoms with Gasteiger partial charge in [0.05, 0.1) is 6.54 Å². The minimum Gasteiger partial charge on any atom is -0.474 e.